The summed E-state index contributed by atoms with van der Waals surface area (Å²) in [5.41, 5.74) is 1.12. The van der Waals surface area contributed by atoms with E-state index in [1.807, 2.05) is 6.92 Å². The van der Waals surface area contributed by atoms with Gasteiger partial charge in [0.05, 0.1) is 4.90 Å². The number of benzene rings is 1. The van der Waals surface area contributed by atoms with Crippen molar-refractivity contribution in [2.24, 2.45) is 5.41 Å². The lowest BCUT2D eigenvalue weighted by molar-refractivity contribution is 0.373. The zero-order valence-electron chi connectivity index (χ0n) is 12.5. The molecule has 1 N–H and O–H groups in total. The molecule has 0 spiro atoms. The molecule has 1 aromatic carbocycles. The second kappa shape index (κ2) is 7.43. The molecule has 1 unspecified atom stereocenters. The minimum atomic E-state index is -3.54. The van der Waals surface area contributed by atoms with Crippen molar-refractivity contribution in [1.29, 1.82) is 0 Å². The van der Waals surface area contributed by atoms with E-state index in [-0.39, 0.29) is 15.1 Å². The molecule has 7 heteroatoms. The average molecular weight is 506 g/mol. The van der Waals surface area contributed by atoms with Crippen LogP contribution in [0.2, 0.25) is 0 Å². The number of hydrogen-bond acceptors (Lipinski definition) is 2. The molecule has 1 atom stereocenters. The smallest absolute Gasteiger partial charge is 0.210 e. The van der Waals surface area contributed by atoms with Gasteiger partial charge in [0, 0.05) is 20.3 Å². The predicted molar refractivity (Wildman–Crippen MR) is 98.6 cm³/mol. The third-order valence-corrected chi connectivity index (χ3v) is 6.72. The Morgan fingerprint density at radius 2 is 1.76 bits per heavy atom. The van der Waals surface area contributed by atoms with E-state index >= 15 is 0 Å². The normalized spacial score (nSPS) is 14.2. The van der Waals surface area contributed by atoms with Crippen LogP contribution >= 0.6 is 47.8 Å². The van der Waals surface area contributed by atoms with Crippen LogP contribution in [-0.4, -0.2) is 19.8 Å². The minimum Gasteiger partial charge on any atom is -0.210 e. The maximum atomic E-state index is 12.4. The van der Waals surface area contributed by atoms with Crippen LogP contribution in [0.3, 0.4) is 0 Å². The maximum absolute atomic E-state index is 12.4. The number of sulfonamides is 1. The molecule has 0 saturated heterocycles. The van der Waals surface area contributed by atoms with Crippen LogP contribution in [0.25, 0.3) is 0 Å². The Kier molecular flexibility index (Phi) is 6.94. The molecule has 21 heavy (non-hydrogen) atoms. The SMILES string of the molecule is Cc1cc(Br)c(S(=O)(=O)NCC(Br)CC(C)(C)C)cc1Br. The van der Waals surface area contributed by atoms with Gasteiger partial charge in [0.25, 0.3) is 0 Å². The van der Waals surface area contributed by atoms with Crippen molar-refractivity contribution in [2.45, 2.75) is 43.8 Å². The molecule has 0 radical (unpaired) electrons. The topological polar surface area (TPSA) is 46.2 Å². The third kappa shape index (κ3) is 6.29. The van der Waals surface area contributed by atoms with Crippen molar-refractivity contribution in [3.63, 3.8) is 0 Å². The fourth-order valence-corrected chi connectivity index (χ4v) is 5.95. The van der Waals surface area contributed by atoms with Gasteiger partial charge >= 0.3 is 0 Å². The van der Waals surface area contributed by atoms with Crippen molar-refractivity contribution in [2.75, 3.05) is 6.54 Å². The highest BCUT2D eigenvalue weighted by atomic mass is 79.9. The second-order valence-electron chi connectivity index (χ2n) is 6.25. The predicted octanol–water partition coefficient (Wildman–Crippen LogP) is 5.00. The van der Waals surface area contributed by atoms with Gasteiger partial charge in [-0.15, -0.1) is 0 Å². The lowest BCUT2D eigenvalue weighted by atomic mass is 9.91. The molecule has 0 amide bonds. The molecule has 0 aliphatic carbocycles. The van der Waals surface area contributed by atoms with Crippen molar-refractivity contribution in [3.8, 4) is 0 Å². The van der Waals surface area contributed by atoms with E-state index in [1.54, 1.807) is 12.1 Å². The van der Waals surface area contributed by atoms with E-state index in [0.29, 0.717) is 11.0 Å². The molecule has 0 saturated carbocycles. The van der Waals surface area contributed by atoms with Crippen LogP contribution in [0.4, 0.5) is 0 Å². The summed E-state index contributed by atoms with van der Waals surface area (Å²) in [5.74, 6) is 0. The lowest BCUT2D eigenvalue weighted by Crippen LogP contribution is -2.31. The number of alkyl halides is 1. The Morgan fingerprint density at radius 1 is 1.19 bits per heavy atom. The van der Waals surface area contributed by atoms with Gasteiger partial charge in [0.15, 0.2) is 0 Å². The summed E-state index contributed by atoms with van der Waals surface area (Å²) >= 11 is 10.2. The second-order valence-corrected chi connectivity index (χ2v) is 11.0. The molecule has 0 heterocycles. The van der Waals surface area contributed by atoms with E-state index in [4.69, 9.17) is 0 Å². The molecule has 0 bridgehead atoms. The van der Waals surface area contributed by atoms with Gasteiger partial charge < -0.3 is 0 Å². The summed E-state index contributed by atoms with van der Waals surface area (Å²) < 4.78 is 28.8. The molecule has 3 nitrogen and oxygen atoms in total. The van der Waals surface area contributed by atoms with E-state index in [0.717, 1.165) is 16.5 Å². The molecular formula is C14H20Br3NO2S. The molecular weight excluding hydrogens is 486 g/mol. The molecule has 1 rings (SSSR count). The monoisotopic (exact) mass is 503 g/mol. The Hall–Kier alpha value is 0.570. The van der Waals surface area contributed by atoms with Crippen molar-refractivity contribution < 1.29 is 8.42 Å². The summed E-state index contributed by atoms with van der Waals surface area (Å²) in [7, 11) is -3.54. The number of aryl methyl sites for hydroxylation is 1. The first kappa shape index (κ1) is 19.6. The average Bonchev–Trinajstić information content (AvgIpc) is 2.29. The van der Waals surface area contributed by atoms with Gasteiger partial charge in [0.1, 0.15) is 0 Å². The van der Waals surface area contributed by atoms with Crippen LogP contribution in [0, 0.1) is 12.3 Å². The molecule has 0 fully saturated rings. The Bertz CT molecular complexity index is 609. The summed E-state index contributed by atoms with van der Waals surface area (Å²) in [6.07, 6.45) is 0.883. The van der Waals surface area contributed by atoms with Crippen LogP contribution in [0.1, 0.15) is 32.8 Å². The van der Waals surface area contributed by atoms with Crippen LogP contribution < -0.4 is 4.72 Å². The van der Waals surface area contributed by atoms with Crippen LogP contribution in [0.15, 0.2) is 26.0 Å². The zero-order valence-corrected chi connectivity index (χ0v) is 18.1. The van der Waals surface area contributed by atoms with Crippen molar-refractivity contribution >= 4 is 57.8 Å². The number of halogens is 3. The maximum Gasteiger partial charge on any atom is 0.241 e. The molecule has 0 aliphatic rings. The minimum absolute atomic E-state index is 0.0972. The third-order valence-electron chi connectivity index (χ3n) is 2.83. The standard InChI is InChI=1S/C14H20Br3NO2S/c1-9-5-12(17)13(6-11(9)16)21(19,20)18-8-10(15)7-14(2,3)4/h5-6,10,18H,7-8H2,1-4H3. The van der Waals surface area contributed by atoms with E-state index in [9.17, 15) is 8.42 Å². The van der Waals surface area contributed by atoms with Crippen molar-refractivity contribution in [3.05, 3.63) is 26.6 Å². The Balaban J connectivity index is 2.86. The summed E-state index contributed by atoms with van der Waals surface area (Å²) in [6, 6.07) is 3.41. The Morgan fingerprint density at radius 3 is 2.29 bits per heavy atom. The summed E-state index contributed by atoms with van der Waals surface area (Å²) in [5, 5.41) is 0. The van der Waals surface area contributed by atoms with E-state index in [1.165, 1.54) is 0 Å². The van der Waals surface area contributed by atoms with Gasteiger partial charge in [-0.05, 0) is 52.4 Å². The first-order chi connectivity index (χ1) is 9.42. The quantitative estimate of drug-likeness (QED) is 0.572. The van der Waals surface area contributed by atoms with E-state index < -0.39 is 10.0 Å². The van der Waals surface area contributed by atoms with Gasteiger partial charge in [-0.25, -0.2) is 13.1 Å². The Labute approximate surface area is 152 Å². The molecule has 120 valence electrons. The van der Waals surface area contributed by atoms with E-state index in [2.05, 4.69) is 73.3 Å². The van der Waals surface area contributed by atoms with Gasteiger partial charge in [-0.1, -0.05) is 52.6 Å². The number of rotatable bonds is 5. The highest BCUT2D eigenvalue weighted by molar-refractivity contribution is 9.11. The van der Waals surface area contributed by atoms with Crippen molar-refractivity contribution in [1.82, 2.24) is 4.72 Å². The summed E-state index contributed by atoms with van der Waals surface area (Å²) in [4.78, 5) is 0.343. The van der Waals surface area contributed by atoms with Gasteiger partial charge in [0.2, 0.25) is 10.0 Å². The lowest BCUT2D eigenvalue weighted by Gasteiger charge is -2.22. The first-order valence-corrected chi connectivity index (χ1v) is 10.5. The highest BCUT2D eigenvalue weighted by Gasteiger charge is 2.22. The number of hydrogen-bond donors (Lipinski definition) is 1. The van der Waals surface area contributed by atoms with Gasteiger partial charge in [-0.3, -0.25) is 0 Å². The van der Waals surface area contributed by atoms with Gasteiger partial charge in [-0.2, -0.15) is 0 Å². The summed E-state index contributed by atoms with van der Waals surface area (Å²) in [6.45, 7) is 8.66. The number of nitrogens with one attached hydrogen (secondary N) is 1. The zero-order chi connectivity index (χ0) is 16.4. The van der Waals surface area contributed by atoms with Crippen LogP contribution in [0.5, 0.6) is 0 Å². The molecule has 0 aromatic heterocycles. The largest absolute Gasteiger partial charge is 0.241 e. The fraction of sp³-hybridized carbons (Fsp3) is 0.571. The highest BCUT2D eigenvalue weighted by Crippen LogP contribution is 2.29. The fourth-order valence-electron chi connectivity index (χ4n) is 1.85. The molecule has 1 aromatic rings. The molecule has 0 aliphatic heterocycles. The van der Waals surface area contributed by atoms with Crippen LogP contribution in [-0.2, 0) is 10.0 Å². The first-order valence-electron chi connectivity index (χ1n) is 6.52.